The van der Waals surface area contributed by atoms with Crippen molar-refractivity contribution in [2.45, 2.75) is 12.1 Å². The summed E-state index contributed by atoms with van der Waals surface area (Å²) in [5.41, 5.74) is 1.80. The number of hydrogen-bond donors (Lipinski definition) is 0. The Morgan fingerprint density at radius 1 is 0.814 bits per heavy atom. The topological polar surface area (TPSA) is 84.0 Å². The largest absolute Gasteiger partial charge is 0.496 e. The molecule has 3 heterocycles. The van der Waals surface area contributed by atoms with Crippen molar-refractivity contribution in [3.63, 3.8) is 0 Å². The standard InChI is InChI=1S/C35H25BrN2O5/c1-43-28-15-14-22(18-25(28)36)33(40)31-30-29(27-19-23(16-17-37(27)31)32(39)21-9-3-2-4-10-21)34(41)38(35(30)42)26-13-7-11-20-8-5-6-12-24(20)26/h2-19,27,29-31H,1H3/t27-,29+,30+,31-/m0/s1. The van der Waals surface area contributed by atoms with Crippen molar-refractivity contribution in [2.24, 2.45) is 11.8 Å². The Bertz CT molecular complexity index is 1890. The molecule has 8 heteroatoms. The lowest BCUT2D eigenvalue weighted by Crippen LogP contribution is -2.46. The maximum Gasteiger partial charge on any atom is 0.240 e. The van der Waals surface area contributed by atoms with Crippen LogP contribution >= 0.6 is 15.9 Å². The zero-order valence-corrected chi connectivity index (χ0v) is 24.6. The molecule has 0 aliphatic carbocycles. The van der Waals surface area contributed by atoms with Gasteiger partial charge in [0.25, 0.3) is 0 Å². The molecule has 212 valence electrons. The molecule has 2 fully saturated rings. The van der Waals surface area contributed by atoms with Crippen LogP contribution in [0.15, 0.2) is 119 Å². The predicted molar refractivity (Wildman–Crippen MR) is 166 cm³/mol. The van der Waals surface area contributed by atoms with Gasteiger partial charge in [0.05, 0.1) is 35.1 Å². The normalized spacial score (nSPS) is 22.4. The minimum absolute atomic E-state index is 0.190. The number of nitrogens with zero attached hydrogens (tertiary/aromatic N) is 2. The molecule has 0 bridgehead atoms. The summed E-state index contributed by atoms with van der Waals surface area (Å²) in [5.74, 6) is -2.53. The summed E-state index contributed by atoms with van der Waals surface area (Å²) in [6.45, 7) is 0. The lowest BCUT2D eigenvalue weighted by Gasteiger charge is -2.33. The average Bonchev–Trinajstić information content (AvgIpc) is 3.51. The van der Waals surface area contributed by atoms with E-state index in [4.69, 9.17) is 4.74 Å². The second-order valence-electron chi connectivity index (χ2n) is 10.8. The minimum Gasteiger partial charge on any atom is -0.496 e. The fourth-order valence-corrected chi connectivity index (χ4v) is 7.13. The van der Waals surface area contributed by atoms with Crippen LogP contribution in [-0.2, 0) is 9.59 Å². The number of Topliss-reactive ketones (excluding diaryl/α,β-unsaturated/α-hetero) is 2. The molecule has 2 amide bonds. The minimum atomic E-state index is -0.951. The lowest BCUT2D eigenvalue weighted by atomic mass is 9.85. The molecule has 4 aromatic rings. The highest BCUT2D eigenvalue weighted by Crippen LogP contribution is 2.48. The fraction of sp³-hybridized carbons (Fsp3) is 0.143. The fourth-order valence-electron chi connectivity index (χ4n) is 6.59. The number of halogens is 1. The second kappa shape index (κ2) is 10.5. The smallest absolute Gasteiger partial charge is 0.240 e. The van der Waals surface area contributed by atoms with Gasteiger partial charge in [0.2, 0.25) is 11.8 Å². The summed E-state index contributed by atoms with van der Waals surface area (Å²) < 4.78 is 5.94. The number of hydrogen-bond acceptors (Lipinski definition) is 6. The first-order chi connectivity index (χ1) is 20.9. The van der Waals surface area contributed by atoms with Crippen LogP contribution in [0.25, 0.3) is 10.8 Å². The molecule has 7 rings (SSSR count). The maximum absolute atomic E-state index is 14.3. The van der Waals surface area contributed by atoms with Crippen LogP contribution < -0.4 is 9.64 Å². The number of imide groups is 1. The lowest BCUT2D eigenvalue weighted by molar-refractivity contribution is -0.123. The predicted octanol–water partition coefficient (Wildman–Crippen LogP) is 5.99. The summed E-state index contributed by atoms with van der Waals surface area (Å²) in [5, 5.41) is 1.66. The van der Waals surface area contributed by atoms with Gasteiger partial charge in [-0.05, 0) is 51.7 Å². The van der Waals surface area contributed by atoms with Crippen LogP contribution in [-0.4, -0.2) is 47.5 Å². The van der Waals surface area contributed by atoms with Crippen molar-refractivity contribution < 1.29 is 23.9 Å². The van der Waals surface area contributed by atoms with Crippen molar-refractivity contribution in [3.8, 4) is 5.75 Å². The van der Waals surface area contributed by atoms with Gasteiger partial charge in [0.15, 0.2) is 11.6 Å². The average molecular weight is 633 g/mol. The van der Waals surface area contributed by atoms with Crippen molar-refractivity contribution in [1.82, 2.24) is 4.90 Å². The number of amides is 2. The van der Waals surface area contributed by atoms with E-state index in [-0.39, 0.29) is 17.5 Å². The number of methoxy groups -OCH3 is 1. The van der Waals surface area contributed by atoms with Crippen molar-refractivity contribution in [2.75, 3.05) is 12.0 Å². The van der Waals surface area contributed by atoms with Crippen LogP contribution in [0.4, 0.5) is 5.69 Å². The third-order valence-corrected chi connectivity index (χ3v) is 9.18. The highest BCUT2D eigenvalue weighted by Gasteiger charge is 2.63. The van der Waals surface area contributed by atoms with E-state index in [1.165, 1.54) is 12.0 Å². The number of ether oxygens (including phenoxy) is 1. The molecule has 0 unspecified atom stereocenters. The molecule has 2 saturated heterocycles. The maximum atomic E-state index is 14.3. The summed E-state index contributed by atoms with van der Waals surface area (Å²) >= 11 is 3.46. The van der Waals surface area contributed by atoms with Crippen molar-refractivity contribution in [1.29, 1.82) is 0 Å². The molecule has 43 heavy (non-hydrogen) atoms. The van der Waals surface area contributed by atoms with Crippen LogP contribution in [0.3, 0.4) is 0 Å². The molecule has 4 aromatic carbocycles. The number of carbonyl (C=O) groups excluding carboxylic acids is 4. The number of carbonyl (C=O) groups is 4. The summed E-state index contributed by atoms with van der Waals surface area (Å²) in [6.07, 6.45) is 5.08. The van der Waals surface area contributed by atoms with Gasteiger partial charge in [0.1, 0.15) is 11.8 Å². The Morgan fingerprint density at radius 3 is 2.30 bits per heavy atom. The highest BCUT2D eigenvalue weighted by atomic mass is 79.9. The van der Waals surface area contributed by atoms with E-state index in [2.05, 4.69) is 15.9 Å². The first-order valence-corrected chi connectivity index (χ1v) is 14.7. The zero-order chi connectivity index (χ0) is 29.8. The number of fused-ring (bicyclic) bond motifs is 4. The van der Waals surface area contributed by atoms with Gasteiger partial charge in [-0.2, -0.15) is 0 Å². The van der Waals surface area contributed by atoms with Gasteiger partial charge in [-0.3, -0.25) is 19.2 Å². The molecule has 0 aromatic heterocycles. The molecular weight excluding hydrogens is 608 g/mol. The van der Waals surface area contributed by atoms with E-state index in [9.17, 15) is 19.2 Å². The zero-order valence-electron chi connectivity index (χ0n) is 23.0. The van der Waals surface area contributed by atoms with Gasteiger partial charge in [-0.15, -0.1) is 0 Å². The molecule has 0 spiro atoms. The Morgan fingerprint density at radius 2 is 1.53 bits per heavy atom. The summed E-state index contributed by atoms with van der Waals surface area (Å²) in [7, 11) is 1.54. The molecule has 7 nitrogen and oxygen atoms in total. The first kappa shape index (κ1) is 27.0. The van der Waals surface area contributed by atoms with E-state index < -0.39 is 29.8 Å². The summed E-state index contributed by atoms with van der Waals surface area (Å²) in [4.78, 5) is 59.3. The highest BCUT2D eigenvalue weighted by molar-refractivity contribution is 9.10. The van der Waals surface area contributed by atoms with E-state index in [0.717, 1.165) is 10.8 Å². The van der Waals surface area contributed by atoms with E-state index >= 15 is 0 Å². The number of benzene rings is 4. The summed E-state index contributed by atoms with van der Waals surface area (Å²) in [6, 6.07) is 25.4. The number of rotatable bonds is 6. The Labute approximate surface area is 256 Å². The third-order valence-electron chi connectivity index (χ3n) is 8.56. The molecule has 0 N–H and O–H groups in total. The van der Waals surface area contributed by atoms with Crippen molar-refractivity contribution in [3.05, 3.63) is 131 Å². The van der Waals surface area contributed by atoms with E-state index in [1.807, 2.05) is 42.5 Å². The van der Waals surface area contributed by atoms with Gasteiger partial charge in [0, 0.05) is 28.3 Å². The Hall–Kier alpha value is -4.82. The van der Waals surface area contributed by atoms with Gasteiger partial charge >= 0.3 is 0 Å². The SMILES string of the molecule is COc1ccc(C(=O)[C@@H]2[C@@H]3C(=O)N(c4cccc5ccccc45)C(=O)[C@@H]3[C@@H]3C=C(C(=O)c4ccccc4)C=CN23)cc1Br. The van der Waals surface area contributed by atoms with E-state index in [0.29, 0.717) is 32.6 Å². The van der Waals surface area contributed by atoms with Crippen LogP contribution in [0.2, 0.25) is 0 Å². The Kier molecular flexibility index (Phi) is 6.58. The second-order valence-corrected chi connectivity index (χ2v) is 11.6. The molecular formula is C35H25BrN2O5. The molecule has 0 saturated carbocycles. The number of allylic oxidation sites excluding steroid dienone is 2. The Balaban J connectivity index is 1.34. The molecule has 0 radical (unpaired) electrons. The van der Waals surface area contributed by atoms with Gasteiger partial charge in [-0.25, -0.2) is 4.90 Å². The van der Waals surface area contributed by atoms with Crippen molar-refractivity contribution >= 4 is 55.8 Å². The molecule has 3 aliphatic rings. The van der Waals surface area contributed by atoms with Crippen LogP contribution in [0.1, 0.15) is 20.7 Å². The molecule has 3 aliphatic heterocycles. The quantitative estimate of drug-likeness (QED) is 0.192. The number of ketones is 2. The van der Waals surface area contributed by atoms with E-state index in [1.54, 1.807) is 71.8 Å². The van der Waals surface area contributed by atoms with Crippen LogP contribution in [0.5, 0.6) is 5.75 Å². The number of anilines is 1. The molecule has 4 atom stereocenters. The van der Waals surface area contributed by atoms with Gasteiger partial charge in [-0.1, -0.05) is 72.8 Å². The monoisotopic (exact) mass is 632 g/mol. The first-order valence-electron chi connectivity index (χ1n) is 13.9. The van der Waals surface area contributed by atoms with Crippen LogP contribution in [0, 0.1) is 11.8 Å². The van der Waals surface area contributed by atoms with Gasteiger partial charge < -0.3 is 9.64 Å². The third kappa shape index (κ3) is 4.24.